The number of carbonyl (C=O) groups excluding carboxylic acids is 3. The highest BCUT2D eigenvalue weighted by Gasteiger charge is 2.27. The molecule has 8 nitrogen and oxygen atoms in total. The molecule has 1 N–H and O–H groups in total. The number of thiophene rings is 1. The molecule has 0 spiro atoms. The Morgan fingerprint density at radius 2 is 1.79 bits per heavy atom. The Labute approximate surface area is 233 Å². The first-order valence-corrected chi connectivity index (χ1v) is 14.1. The molecule has 9 heteroatoms. The Balaban J connectivity index is 1.49. The van der Waals surface area contributed by atoms with E-state index >= 15 is 0 Å². The average Bonchev–Trinajstić information content (AvgIpc) is 3.60. The SMILES string of the molecule is CCOC(=O)c1ccc(NC(=O)N(CC(=O)N(Cc2ccccc2)Cc2sccc2C)CC2CCCO2)cc1. The number of nitrogens with one attached hydrogen (secondary N) is 1. The number of aryl methyl sites for hydroxylation is 1. The second-order valence-electron chi connectivity index (χ2n) is 9.51. The van der Waals surface area contributed by atoms with Crippen LogP contribution >= 0.6 is 11.3 Å². The van der Waals surface area contributed by atoms with Crippen molar-refractivity contribution in [2.24, 2.45) is 0 Å². The fraction of sp³-hybridized carbons (Fsp3) is 0.367. The number of benzene rings is 2. The fourth-order valence-electron chi connectivity index (χ4n) is 4.40. The molecule has 0 saturated carbocycles. The van der Waals surface area contributed by atoms with E-state index in [0.29, 0.717) is 37.5 Å². The minimum absolute atomic E-state index is 0.0795. The summed E-state index contributed by atoms with van der Waals surface area (Å²) in [7, 11) is 0. The largest absolute Gasteiger partial charge is 0.462 e. The second-order valence-corrected chi connectivity index (χ2v) is 10.5. The number of hydrogen-bond acceptors (Lipinski definition) is 6. The summed E-state index contributed by atoms with van der Waals surface area (Å²) in [6.07, 6.45) is 1.66. The van der Waals surface area contributed by atoms with Gasteiger partial charge in [0.15, 0.2) is 0 Å². The second kappa shape index (κ2) is 13.9. The van der Waals surface area contributed by atoms with E-state index in [1.165, 1.54) is 4.90 Å². The van der Waals surface area contributed by atoms with Crippen molar-refractivity contribution in [3.8, 4) is 0 Å². The highest BCUT2D eigenvalue weighted by molar-refractivity contribution is 7.10. The number of anilines is 1. The van der Waals surface area contributed by atoms with Gasteiger partial charge in [0.25, 0.3) is 0 Å². The minimum atomic E-state index is -0.416. The normalized spacial score (nSPS) is 14.6. The van der Waals surface area contributed by atoms with Gasteiger partial charge in [0.2, 0.25) is 5.91 Å². The van der Waals surface area contributed by atoms with Crippen LogP contribution in [-0.4, -0.2) is 60.1 Å². The molecule has 3 amide bonds. The van der Waals surface area contributed by atoms with E-state index < -0.39 is 12.0 Å². The smallest absolute Gasteiger partial charge is 0.338 e. The van der Waals surface area contributed by atoms with Gasteiger partial charge in [-0.15, -0.1) is 11.3 Å². The number of carbonyl (C=O) groups is 3. The van der Waals surface area contributed by atoms with Crippen molar-refractivity contribution in [1.82, 2.24) is 9.80 Å². The zero-order chi connectivity index (χ0) is 27.6. The van der Waals surface area contributed by atoms with Crippen molar-refractivity contribution in [3.05, 3.63) is 87.6 Å². The summed E-state index contributed by atoms with van der Waals surface area (Å²) in [6.45, 7) is 5.89. The summed E-state index contributed by atoms with van der Waals surface area (Å²) in [5.74, 6) is -0.557. The number of esters is 1. The highest BCUT2D eigenvalue weighted by atomic mass is 32.1. The standard InChI is InChI=1S/C30H35N3O5S/c1-3-37-29(35)24-11-13-25(14-12-24)31-30(36)33(19-26-10-7-16-38-26)21-28(34)32(18-23-8-5-4-6-9-23)20-27-22(2)15-17-39-27/h4-6,8-9,11-15,17,26H,3,7,10,16,18-21H2,1-2H3,(H,31,36). The first-order chi connectivity index (χ1) is 18.9. The van der Waals surface area contributed by atoms with Gasteiger partial charge < -0.3 is 24.6 Å². The first-order valence-electron chi connectivity index (χ1n) is 13.2. The maximum atomic E-state index is 13.7. The number of hydrogen-bond donors (Lipinski definition) is 1. The van der Waals surface area contributed by atoms with E-state index in [0.717, 1.165) is 28.8 Å². The van der Waals surface area contributed by atoms with Gasteiger partial charge in [-0.1, -0.05) is 30.3 Å². The van der Waals surface area contributed by atoms with Gasteiger partial charge in [-0.25, -0.2) is 9.59 Å². The van der Waals surface area contributed by atoms with Crippen LogP contribution in [0.25, 0.3) is 0 Å². The monoisotopic (exact) mass is 549 g/mol. The maximum absolute atomic E-state index is 13.7. The molecule has 206 valence electrons. The highest BCUT2D eigenvalue weighted by Crippen LogP contribution is 2.21. The molecule has 0 radical (unpaired) electrons. The molecule has 1 saturated heterocycles. The lowest BCUT2D eigenvalue weighted by Gasteiger charge is -2.29. The summed E-state index contributed by atoms with van der Waals surface area (Å²) in [5, 5.41) is 4.90. The predicted molar refractivity (Wildman–Crippen MR) is 152 cm³/mol. The van der Waals surface area contributed by atoms with E-state index in [-0.39, 0.29) is 25.2 Å². The minimum Gasteiger partial charge on any atom is -0.462 e. The number of urea groups is 1. The Hall–Kier alpha value is -3.69. The molecule has 3 aromatic rings. The van der Waals surface area contributed by atoms with Gasteiger partial charge >= 0.3 is 12.0 Å². The van der Waals surface area contributed by atoms with Crippen molar-refractivity contribution >= 4 is 34.9 Å². The van der Waals surface area contributed by atoms with Crippen LogP contribution in [0.5, 0.6) is 0 Å². The summed E-state index contributed by atoms with van der Waals surface area (Å²) in [6, 6.07) is 18.0. The average molecular weight is 550 g/mol. The molecule has 0 bridgehead atoms. The number of ether oxygens (including phenoxy) is 2. The Bertz CT molecular complexity index is 1240. The van der Waals surface area contributed by atoms with Gasteiger partial charge in [0, 0.05) is 30.3 Å². The molecule has 39 heavy (non-hydrogen) atoms. The van der Waals surface area contributed by atoms with Crippen molar-refractivity contribution in [2.75, 3.05) is 31.6 Å². The van der Waals surface area contributed by atoms with E-state index in [4.69, 9.17) is 9.47 Å². The molecule has 1 aromatic heterocycles. The Morgan fingerprint density at radius 3 is 2.44 bits per heavy atom. The van der Waals surface area contributed by atoms with Gasteiger partial charge in [-0.2, -0.15) is 0 Å². The van der Waals surface area contributed by atoms with Crippen LogP contribution in [0.3, 0.4) is 0 Å². The third kappa shape index (κ3) is 8.15. The molecule has 2 heterocycles. The number of amides is 3. The van der Waals surface area contributed by atoms with Gasteiger partial charge in [0.1, 0.15) is 6.54 Å². The lowest BCUT2D eigenvalue weighted by Crippen LogP contribution is -2.46. The van der Waals surface area contributed by atoms with Crippen molar-refractivity contribution in [1.29, 1.82) is 0 Å². The molecule has 4 rings (SSSR count). The van der Waals surface area contributed by atoms with E-state index in [2.05, 4.69) is 11.4 Å². The predicted octanol–water partition coefficient (Wildman–Crippen LogP) is 5.48. The van der Waals surface area contributed by atoms with Crippen molar-refractivity contribution < 1.29 is 23.9 Å². The molecular weight excluding hydrogens is 514 g/mol. The van der Waals surface area contributed by atoms with Gasteiger partial charge in [-0.05, 0) is 73.5 Å². The Kier molecular flexibility index (Phi) is 10.1. The van der Waals surface area contributed by atoms with Crippen LogP contribution < -0.4 is 5.32 Å². The van der Waals surface area contributed by atoms with Crippen LogP contribution in [0, 0.1) is 6.92 Å². The molecule has 1 unspecified atom stereocenters. The van der Waals surface area contributed by atoms with Crippen LogP contribution in [0.15, 0.2) is 66.0 Å². The van der Waals surface area contributed by atoms with Crippen molar-refractivity contribution in [2.45, 2.75) is 45.9 Å². The van der Waals surface area contributed by atoms with Gasteiger partial charge in [-0.3, -0.25) is 4.79 Å². The molecule has 2 aromatic carbocycles. The van der Waals surface area contributed by atoms with Crippen LogP contribution in [-0.2, 0) is 27.4 Å². The molecule has 1 fully saturated rings. The lowest BCUT2D eigenvalue weighted by molar-refractivity contribution is -0.133. The topological polar surface area (TPSA) is 88.2 Å². The molecule has 0 aliphatic carbocycles. The molecular formula is C30H35N3O5S. The van der Waals surface area contributed by atoms with E-state index in [1.807, 2.05) is 42.6 Å². The fourth-order valence-corrected chi connectivity index (χ4v) is 5.32. The molecule has 1 aliphatic rings. The maximum Gasteiger partial charge on any atom is 0.338 e. The summed E-state index contributed by atoms with van der Waals surface area (Å²) in [4.78, 5) is 43.5. The quantitative estimate of drug-likeness (QED) is 0.320. The molecule has 1 atom stereocenters. The Morgan fingerprint density at radius 1 is 1.03 bits per heavy atom. The lowest BCUT2D eigenvalue weighted by atomic mass is 10.2. The number of nitrogens with zero attached hydrogens (tertiary/aromatic N) is 2. The summed E-state index contributed by atoms with van der Waals surface area (Å²) >= 11 is 1.63. The van der Waals surface area contributed by atoms with Crippen molar-refractivity contribution in [3.63, 3.8) is 0 Å². The summed E-state index contributed by atoms with van der Waals surface area (Å²) < 4.78 is 10.8. The van der Waals surface area contributed by atoms with E-state index in [1.54, 1.807) is 47.4 Å². The summed E-state index contributed by atoms with van der Waals surface area (Å²) in [5.41, 5.74) is 3.10. The van der Waals surface area contributed by atoms with Crippen LogP contribution in [0.4, 0.5) is 10.5 Å². The zero-order valence-electron chi connectivity index (χ0n) is 22.4. The molecule has 1 aliphatic heterocycles. The first kappa shape index (κ1) is 28.3. The third-order valence-corrected chi connectivity index (χ3v) is 7.59. The van der Waals surface area contributed by atoms with Crippen LogP contribution in [0.1, 0.15) is 46.1 Å². The van der Waals surface area contributed by atoms with Crippen LogP contribution in [0.2, 0.25) is 0 Å². The number of rotatable bonds is 11. The van der Waals surface area contributed by atoms with Gasteiger partial charge in [0.05, 0.1) is 24.8 Å². The third-order valence-electron chi connectivity index (χ3n) is 6.58. The zero-order valence-corrected chi connectivity index (χ0v) is 23.2. The van der Waals surface area contributed by atoms with E-state index in [9.17, 15) is 14.4 Å².